The summed E-state index contributed by atoms with van der Waals surface area (Å²) >= 11 is 6.00. The molecular formula is C14H19ClO2. The summed E-state index contributed by atoms with van der Waals surface area (Å²) in [6.45, 7) is 6.44. The number of halogens is 1. The van der Waals surface area contributed by atoms with Gasteiger partial charge in [0.15, 0.2) is 6.29 Å². The Morgan fingerprint density at radius 2 is 2.06 bits per heavy atom. The van der Waals surface area contributed by atoms with Gasteiger partial charge in [-0.15, -0.1) is 0 Å². The molecule has 2 nitrogen and oxygen atoms in total. The van der Waals surface area contributed by atoms with Gasteiger partial charge >= 0.3 is 0 Å². The van der Waals surface area contributed by atoms with Crippen LogP contribution < -0.4 is 4.74 Å². The van der Waals surface area contributed by atoms with E-state index in [9.17, 15) is 4.79 Å². The van der Waals surface area contributed by atoms with Gasteiger partial charge in [0, 0.05) is 11.1 Å². The molecule has 0 amide bonds. The predicted octanol–water partition coefficient (Wildman–Crippen LogP) is 4.24. The van der Waals surface area contributed by atoms with Crippen LogP contribution in [0.3, 0.4) is 0 Å². The van der Waals surface area contributed by atoms with Crippen molar-refractivity contribution in [3.63, 3.8) is 0 Å². The minimum absolute atomic E-state index is 0.0254. The van der Waals surface area contributed by atoms with Crippen LogP contribution in [0.15, 0.2) is 12.1 Å². The Morgan fingerprint density at radius 1 is 1.41 bits per heavy atom. The van der Waals surface area contributed by atoms with Crippen LogP contribution >= 0.6 is 11.6 Å². The average Bonchev–Trinajstić information content (AvgIpc) is 2.28. The van der Waals surface area contributed by atoms with Gasteiger partial charge in [0.05, 0.1) is 12.1 Å². The maximum atomic E-state index is 10.9. The highest BCUT2D eigenvalue weighted by molar-refractivity contribution is 6.33. The molecule has 0 heterocycles. The minimum Gasteiger partial charge on any atom is -0.496 e. The molecule has 0 aromatic heterocycles. The van der Waals surface area contributed by atoms with Gasteiger partial charge in [-0.3, -0.25) is 4.79 Å². The number of methoxy groups -OCH3 is 1. The minimum atomic E-state index is -0.0254. The van der Waals surface area contributed by atoms with E-state index in [1.807, 2.05) is 6.07 Å². The SMILES string of the molecule is CCCC(C)(C)c1cc(C=O)c(Cl)cc1OC. The Hall–Kier alpha value is -1.02. The molecule has 0 radical (unpaired) electrons. The maximum absolute atomic E-state index is 10.9. The molecule has 1 aromatic carbocycles. The molecule has 0 atom stereocenters. The molecule has 0 bridgehead atoms. The third kappa shape index (κ3) is 3.01. The third-order valence-corrected chi connectivity index (χ3v) is 3.38. The van der Waals surface area contributed by atoms with Crippen molar-refractivity contribution in [2.75, 3.05) is 7.11 Å². The first kappa shape index (κ1) is 14.0. The van der Waals surface area contributed by atoms with Crippen LogP contribution in [0.2, 0.25) is 5.02 Å². The standard InChI is InChI=1S/C14H19ClO2/c1-5-6-14(2,3)11-7-10(9-16)12(15)8-13(11)17-4/h7-9H,5-6H2,1-4H3. The molecule has 0 spiro atoms. The molecule has 0 aliphatic carbocycles. The summed E-state index contributed by atoms with van der Waals surface area (Å²) in [5.41, 5.74) is 1.53. The van der Waals surface area contributed by atoms with Crippen molar-refractivity contribution in [2.24, 2.45) is 0 Å². The van der Waals surface area contributed by atoms with Crippen LogP contribution in [0.5, 0.6) is 5.75 Å². The summed E-state index contributed by atoms with van der Waals surface area (Å²) in [5, 5.41) is 0.438. The molecular weight excluding hydrogens is 236 g/mol. The Bertz CT molecular complexity index is 411. The zero-order valence-corrected chi connectivity index (χ0v) is 11.6. The molecule has 17 heavy (non-hydrogen) atoms. The van der Waals surface area contributed by atoms with Gasteiger partial charge in [-0.05, 0) is 24.0 Å². The van der Waals surface area contributed by atoms with E-state index in [-0.39, 0.29) is 5.41 Å². The van der Waals surface area contributed by atoms with Crippen molar-refractivity contribution in [3.8, 4) is 5.75 Å². The van der Waals surface area contributed by atoms with Crippen molar-refractivity contribution in [1.82, 2.24) is 0 Å². The third-order valence-electron chi connectivity index (χ3n) is 3.05. The fourth-order valence-corrected chi connectivity index (χ4v) is 2.32. The van der Waals surface area contributed by atoms with Crippen molar-refractivity contribution in [2.45, 2.75) is 39.0 Å². The van der Waals surface area contributed by atoms with Gasteiger partial charge in [0.2, 0.25) is 0 Å². The summed E-state index contributed by atoms with van der Waals surface area (Å²) in [4.78, 5) is 10.9. The first-order chi connectivity index (χ1) is 7.96. The van der Waals surface area contributed by atoms with Crippen molar-refractivity contribution in [1.29, 1.82) is 0 Å². The first-order valence-electron chi connectivity index (χ1n) is 5.79. The Labute approximate surface area is 108 Å². The largest absolute Gasteiger partial charge is 0.496 e. The summed E-state index contributed by atoms with van der Waals surface area (Å²) in [6.07, 6.45) is 2.89. The average molecular weight is 255 g/mol. The molecule has 0 fully saturated rings. The van der Waals surface area contributed by atoms with Crippen LogP contribution in [-0.4, -0.2) is 13.4 Å². The maximum Gasteiger partial charge on any atom is 0.151 e. The lowest BCUT2D eigenvalue weighted by Gasteiger charge is -2.27. The van der Waals surface area contributed by atoms with E-state index in [2.05, 4.69) is 20.8 Å². The fourth-order valence-electron chi connectivity index (χ4n) is 2.12. The quantitative estimate of drug-likeness (QED) is 0.735. The lowest BCUT2D eigenvalue weighted by atomic mass is 9.79. The summed E-state index contributed by atoms with van der Waals surface area (Å²) in [5.74, 6) is 0.749. The smallest absolute Gasteiger partial charge is 0.151 e. The lowest BCUT2D eigenvalue weighted by molar-refractivity contribution is 0.112. The van der Waals surface area contributed by atoms with E-state index in [0.29, 0.717) is 10.6 Å². The molecule has 1 aromatic rings. The monoisotopic (exact) mass is 254 g/mol. The molecule has 94 valence electrons. The van der Waals surface area contributed by atoms with Crippen LogP contribution in [0.1, 0.15) is 49.5 Å². The predicted molar refractivity (Wildman–Crippen MR) is 71.3 cm³/mol. The van der Waals surface area contributed by atoms with Crippen LogP contribution in [-0.2, 0) is 5.41 Å². The Balaban J connectivity index is 3.34. The molecule has 0 N–H and O–H groups in total. The summed E-state index contributed by atoms with van der Waals surface area (Å²) in [7, 11) is 1.62. The van der Waals surface area contributed by atoms with Crippen molar-refractivity contribution < 1.29 is 9.53 Å². The number of hydrogen-bond donors (Lipinski definition) is 0. The highest BCUT2D eigenvalue weighted by atomic mass is 35.5. The second kappa shape index (κ2) is 5.54. The molecule has 0 saturated carbocycles. The molecule has 1 rings (SSSR count). The number of benzene rings is 1. The lowest BCUT2D eigenvalue weighted by Crippen LogP contribution is -2.18. The number of carbonyl (C=O) groups excluding carboxylic acids is 1. The fraction of sp³-hybridized carbons (Fsp3) is 0.500. The van der Waals surface area contributed by atoms with Gasteiger partial charge in [-0.2, -0.15) is 0 Å². The Kier molecular flexibility index (Phi) is 4.58. The normalized spacial score (nSPS) is 11.4. The van der Waals surface area contributed by atoms with Crippen LogP contribution in [0.25, 0.3) is 0 Å². The highest BCUT2D eigenvalue weighted by Crippen LogP contribution is 2.37. The number of rotatable bonds is 5. The summed E-state index contributed by atoms with van der Waals surface area (Å²) in [6, 6.07) is 3.56. The van der Waals surface area contributed by atoms with E-state index in [1.54, 1.807) is 13.2 Å². The Morgan fingerprint density at radius 3 is 2.53 bits per heavy atom. The van der Waals surface area contributed by atoms with Crippen LogP contribution in [0.4, 0.5) is 0 Å². The number of carbonyl (C=O) groups is 1. The second-order valence-corrected chi connectivity index (χ2v) is 5.23. The summed E-state index contributed by atoms with van der Waals surface area (Å²) < 4.78 is 5.36. The van der Waals surface area contributed by atoms with E-state index in [0.717, 1.165) is 30.4 Å². The topological polar surface area (TPSA) is 26.3 Å². The van der Waals surface area contributed by atoms with Crippen LogP contribution in [0, 0.1) is 0 Å². The first-order valence-corrected chi connectivity index (χ1v) is 6.17. The van der Waals surface area contributed by atoms with Gasteiger partial charge < -0.3 is 4.74 Å². The van der Waals surface area contributed by atoms with Gasteiger partial charge in [-0.25, -0.2) is 0 Å². The van der Waals surface area contributed by atoms with Gasteiger partial charge in [0.1, 0.15) is 5.75 Å². The molecule has 0 aliphatic heterocycles. The molecule has 0 aliphatic rings. The number of hydrogen-bond acceptors (Lipinski definition) is 2. The van der Waals surface area contributed by atoms with E-state index in [4.69, 9.17) is 16.3 Å². The molecule has 0 unspecified atom stereocenters. The van der Waals surface area contributed by atoms with Crippen molar-refractivity contribution >= 4 is 17.9 Å². The molecule has 0 saturated heterocycles. The van der Waals surface area contributed by atoms with E-state index in [1.165, 1.54) is 0 Å². The van der Waals surface area contributed by atoms with E-state index >= 15 is 0 Å². The number of ether oxygens (including phenoxy) is 1. The second-order valence-electron chi connectivity index (χ2n) is 4.83. The van der Waals surface area contributed by atoms with Crippen molar-refractivity contribution in [3.05, 3.63) is 28.3 Å². The highest BCUT2D eigenvalue weighted by Gasteiger charge is 2.24. The van der Waals surface area contributed by atoms with Gasteiger partial charge in [0.25, 0.3) is 0 Å². The number of aldehydes is 1. The van der Waals surface area contributed by atoms with Gasteiger partial charge in [-0.1, -0.05) is 38.8 Å². The van der Waals surface area contributed by atoms with E-state index < -0.39 is 0 Å². The molecule has 3 heteroatoms. The zero-order chi connectivity index (χ0) is 13.1. The zero-order valence-electron chi connectivity index (χ0n) is 10.8.